The predicted molar refractivity (Wildman–Crippen MR) is 84.6 cm³/mol. The third kappa shape index (κ3) is 4.44. The summed E-state index contributed by atoms with van der Waals surface area (Å²) in [5.74, 6) is -0.545. The number of rotatable bonds is 5. The lowest BCUT2D eigenvalue weighted by atomic mass is 9.99. The zero-order chi connectivity index (χ0) is 15.1. The van der Waals surface area contributed by atoms with E-state index >= 15 is 0 Å². The average Bonchev–Trinajstić information content (AvgIpc) is 2.54. The predicted octanol–water partition coefficient (Wildman–Crippen LogP) is 3.46. The first-order valence-corrected chi connectivity index (χ1v) is 6.63. The molecule has 2 aromatic rings. The minimum Gasteiger partial charge on any atom is -0.288 e. The van der Waals surface area contributed by atoms with Gasteiger partial charge in [0.25, 0.3) is 5.91 Å². The molecule has 0 aliphatic carbocycles. The van der Waals surface area contributed by atoms with Gasteiger partial charge in [-0.15, -0.1) is 0 Å². The molecular weight excluding hydrogens is 262 g/mol. The molecule has 0 saturated heterocycles. The number of benzene rings is 2. The van der Waals surface area contributed by atoms with Gasteiger partial charge in [-0.2, -0.15) is 0 Å². The maximum Gasteiger partial charge on any atom is 0.267 e. The minimum atomic E-state index is -0.545. The molecule has 0 aromatic heterocycles. The second-order valence-electron chi connectivity index (χ2n) is 4.70. The van der Waals surface area contributed by atoms with Crippen LogP contribution in [0.2, 0.25) is 0 Å². The zero-order valence-corrected chi connectivity index (χ0v) is 11.6. The fourth-order valence-electron chi connectivity index (χ4n) is 1.98. The maximum absolute atomic E-state index is 10.9. The van der Waals surface area contributed by atoms with Crippen LogP contribution in [0.1, 0.15) is 16.7 Å². The van der Waals surface area contributed by atoms with Gasteiger partial charge in [-0.25, -0.2) is 5.48 Å². The van der Waals surface area contributed by atoms with Gasteiger partial charge in [-0.05, 0) is 34.8 Å². The standard InChI is InChI=1S/C18H17NO2/c1-14(17-5-3-2-4-6-17)13-16-9-7-15(8-10-16)11-12-18(20)19-21/h2-12,21H,1,13H2,(H,19,20)/b12-11+. The average molecular weight is 279 g/mol. The van der Waals surface area contributed by atoms with Gasteiger partial charge < -0.3 is 0 Å². The number of hydrogen-bond acceptors (Lipinski definition) is 2. The lowest BCUT2D eigenvalue weighted by Gasteiger charge is -2.06. The van der Waals surface area contributed by atoms with E-state index < -0.39 is 5.91 Å². The van der Waals surface area contributed by atoms with Crippen LogP contribution in [0.25, 0.3) is 11.6 Å². The summed E-state index contributed by atoms with van der Waals surface area (Å²) in [6, 6.07) is 17.9. The highest BCUT2D eigenvalue weighted by Gasteiger charge is 2.00. The molecule has 0 fully saturated rings. The zero-order valence-electron chi connectivity index (χ0n) is 11.6. The van der Waals surface area contributed by atoms with Crippen LogP contribution in [0.15, 0.2) is 67.3 Å². The molecule has 0 radical (unpaired) electrons. The number of allylic oxidation sites excluding steroid dienone is 1. The van der Waals surface area contributed by atoms with Gasteiger partial charge in [-0.3, -0.25) is 10.0 Å². The summed E-state index contributed by atoms with van der Waals surface area (Å²) in [6.07, 6.45) is 3.70. The summed E-state index contributed by atoms with van der Waals surface area (Å²) < 4.78 is 0. The Balaban J connectivity index is 2.01. The van der Waals surface area contributed by atoms with Gasteiger partial charge in [0, 0.05) is 6.08 Å². The molecular formula is C18H17NO2. The van der Waals surface area contributed by atoms with Crippen molar-refractivity contribution in [2.24, 2.45) is 0 Å². The van der Waals surface area contributed by atoms with E-state index in [1.54, 1.807) is 11.6 Å². The van der Waals surface area contributed by atoms with Crippen LogP contribution in [0.4, 0.5) is 0 Å². The number of carbonyl (C=O) groups excluding carboxylic acids is 1. The highest BCUT2D eigenvalue weighted by atomic mass is 16.5. The quantitative estimate of drug-likeness (QED) is 0.500. The van der Waals surface area contributed by atoms with E-state index in [1.807, 2.05) is 54.6 Å². The van der Waals surface area contributed by atoms with E-state index in [1.165, 1.54) is 6.08 Å². The van der Waals surface area contributed by atoms with E-state index in [9.17, 15) is 4.79 Å². The second kappa shape index (κ2) is 7.22. The molecule has 3 heteroatoms. The van der Waals surface area contributed by atoms with Gasteiger partial charge in [0.05, 0.1) is 0 Å². The van der Waals surface area contributed by atoms with Crippen molar-refractivity contribution in [1.82, 2.24) is 5.48 Å². The topological polar surface area (TPSA) is 49.3 Å². The van der Waals surface area contributed by atoms with Crippen molar-refractivity contribution in [2.75, 3.05) is 0 Å². The van der Waals surface area contributed by atoms with Crippen molar-refractivity contribution < 1.29 is 10.0 Å². The van der Waals surface area contributed by atoms with E-state index in [-0.39, 0.29) is 0 Å². The van der Waals surface area contributed by atoms with Crippen LogP contribution < -0.4 is 5.48 Å². The number of hydrogen-bond donors (Lipinski definition) is 2. The Kier molecular flexibility index (Phi) is 5.07. The van der Waals surface area contributed by atoms with Gasteiger partial charge >= 0.3 is 0 Å². The van der Waals surface area contributed by atoms with Crippen LogP contribution in [0, 0.1) is 0 Å². The SMILES string of the molecule is C=C(Cc1ccc(/C=C/C(=O)NO)cc1)c1ccccc1. The van der Waals surface area contributed by atoms with Gasteiger partial charge in [-0.1, -0.05) is 61.2 Å². The number of carbonyl (C=O) groups is 1. The van der Waals surface area contributed by atoms with Crippen molar-refractivity contribution in [2.45, 2.75) is 6.42 Å². The summed E-state index contributed by atoms with van der Waals surface area (Å²) in [7, 11) is 0. The van der Waals surface area contributed by atoms with Crippen molar-refractivity contribution in [3.05, 3.63) is 83.9 Å². The first-order valence-electron chi connectivity index (χ1n) is 6.63. The molecule has 0 bridgehead atoms. The number of nitrogens with one attached hydrogen (secondary N) is 1. The minimum absolute atomic E-state index is 0.545. The van der Waals surface area contributed by atoms with Crippen molar-refractivity contribution in [3.63, 3.8) is 0 Å². The smallest absolute Gasteiger partial charge is 0.267 e. The van der Waals surface area contributed by atoms with Crippen LogP contribution in [0.5, 0.6) is 0 Å². The van der Waals surface area contributed by atoms with Crippen LogP contribution in [-0.2, 0) is 11.2 Å². The molecule has 0 spiro atoms. The highest BCUT2D eigenvalue weighted by molar-refractivity contribution is 5.90. The fourth-order valence-corrected chi connectivity index (χ4v) is 1.98. The molecule has 1 amide bonds. The van der Waals surface area contributed by atoms with Gasteiger partial charge in [0.2, 0.25) is 0 Å². The first kappa shape index (κ1) is 14.8. The van der Waals surface area contributed by atoms with Crippen molar-refractivity contribution in [1.29, 1.82) is 0 Å². The fraction of sp³-hybridized carbons (Fsp3) is 0.0556. The van der Waals surface area contributed by atoms with E-state index in [0.717, 1.165) is 28.7 Å². The number of amides is 1. The van der Waals surface area contributed by atoms with Crippen molar-refractivity contribution in [3.8, 4) is 0 Å². The van der Waals surface area contributed by atoms with Crippen molar-refractivity contribution >= 4 is 17.6 Å². The monoisotopic (exact) mass is 279 g/mol. The van der Waals surface area contributed by atoms with Crippen LogP contribution >= 0.6 is 0 Å². The van der Waals surface area contributed by atoms with E-state index in [2.05, 4.69) is 6.58 Å². The molecule has 3 nitrogen and oxygen atoms in total. The highest BCUT2D eigenvalue weighted by Crippen LogP contribution is 2.18. The Labute approximate surface area is 124 Å². The molecule has 2 rings (SSSR count). The third-order valence-corrected chi connectivity index (χ3v) is 3.12. The maximum atomic E-state index is 10.9. The van der Waals surface area contributed by atoms with E-state index in [0.29, 0.717) is 0 Å². The van der Waals surface area contributed by atoms with Gasteiger partial charge in [0.1, 0.15) is 0 Å². The summed E-state index contributed by atoms with van der Waals surface area (Å²) in [5, 5.41) is 8.40. The molecule has 0 atom stereocenters. The summed E-state index contributed by atoms with van der Waals surface area (Å²) in [4.78, 5) is 10.9. The molecule has 0 aliphatic heterocycles. The Hall–Kier alpha value is -2.65. The molecule has 21 heavy (non-hydrogen) atoms. The molecule has 2 N–H and O–H groups in total. The van der Waals surface area contributed by atoms with Crippen LogP contribution in [0.3, 0.4) is 0 Å². The molecule has 106 valence electrons. The molecule has 0 saturated carbocycles. The summed E-state index contributed by atoms with van der Waals surface area (Å²) in [6.45, 7) is 4.12. The number of hydroxylamine groups is 1. The summed E-state index contributed by atoms with van der Waals surface area (Å²) >= 11 is 0. The Morgan fingerprint density at radius 3 is 2.38 bits per heavy atom. The summed E-state index contributed by atoms with van der Waals surface area (Å²) in [5.41, 5.74) is 5.82. The first-order chi connectivity index (χ1) is 10.2. The lowest BCUT2D eigenvalue weighted by Crippen LogP contribution is -2.14. The van der Waals surface area contributed by atoms with Crippen LogP contribution in [-0.4, -0.2) is 11.1 Å². The third-order valence-electron chi connectivity index (χ3n) is 3.12. The Morgan fingerprint density at radius 1 is 1.10 bits per heavy atom. The Morgan fingerprint density at radius 2 is 1.76 bits per heavy atom. The molecule has 0 unspecified atom stereocenters. The largest absolute Gasteiger partial charge is 0.288 e. The molecule has 0 aliphatic rings. The molecule has 0 heterocycles. The molecule has 2 aromatic carbocycles. The van der Waals surface area contributed by atoms with Gasteiger partial charge in [0.15, 0.2) is 0 Å². The Bertz CT molecular complexity index is 643. The van der Waals surface area contributed by atoms with E-state index in [4.69, 9.17) is 5.21 Å². The normalized spacial score (nSPS) is 10.5. The lowest BCUT2D eigenvalue weighted by molar-refractivity contribution is -0.124. The second-order valence-corrected chi connectivity index (χ2v) is 4.70.